The first kappa shape index (κ1) is 18.6. The smallest absolute Gasteiger partial charge is 0.255 e. The number of benzene rings is 2. The van der Waals surface area contributed by atoms with E-state index in [1.165, 1.54) is 18.3 Å². The molecule has 2 rings (SSSR count). The molecular formula is C17H19N3O4S. The Morgan fingerprint density at radius 3 is 2.36 bits per heavy atom. The number of nitrogens with zero attached hydrogens (tertiary/aromatic N) is 1. The number of nitrogens with one attached hydrogen (secondary N) is 2. The molecule has 0 bridgehead atoms. The van der Waals surface area contributed by atoms with Crippen LogP contribution in [0.15, 0.2) is 58.5 Å². The van der Waals surface area contributed by atoms with Crippen molar-refractivity contribution in [2.45, 2.75) is 11.8 Å². The van der Waals surface area contributed by atoms with Crippen molar-refractivity contribution in [2.24, 2.45) is 5.10 Å². The van der Waals surface area contributed by atoms with Crippen molar-refractivity contribution in [1.29, 1.82) is 0 Å². The van der Waals surface area contributed by atoms with Gasteiger partial charge in [-0.3, -0.25) is 4.79 Å². The first-order valence-corrected chi connectivity index (χ1v) is 8.91. The van der Waals surface area contributed by atoms with E-state index in [4.69, 9.17) is 4.74 Å². The van der Waals surface area contributed by atoms with E-state index in [9.17, 15) is 13.2 Å². The minimum Gasteiger partial charge on any atom is -0.497 e. The van der Waals surface area contributed by atoms with Gasteiger partial charge in [-0.2, -0.15) is 5.10 Å². The Kier molecular flexibility index (Phi) is 6.26. The summed E-state index contributed by atoms with van der Waals surface area (Å²) in [7, 11) is -2.16. The van der Waals surface area contributed by atoms with Gasteiger partial charge < -0.3 is 4.74 Å². The minimum atomic E-state index is -3.73. The van der Waals surface area contributed by atoms with Gasteiger partial charge in [-0.1, -0.05) is 17.7 Å². The molecule has 0 aliphatic rings. The highest BCUT2D eigenvalue weighted by atomic mass is 32.2. The number of rotatable bonds is 7. The number of amides is 1. The van der Waals surface area contributed by atoms with Crippen LogP contribution >= 0.6 is 0 Å². The molecule has 0 aliphatic heterocycles. The van der Waals surface area contributed by atoms with Gasteiger partial charge >= 0.3 is 0 Å². The summed E-state index contributed by atoms with van der Waals surface area (Å²) in [5, 5.41) is 3.78. The average Bonchev–Trinajstić information content (AvgIpc) is 2.61. The van der Waals surface area contributed by atoms with Crippen LogP contribution in [-0.4, -0.2) is 34.2 Å². The molecule has 2 N–H and O–H groups in total. The summed E-state index contributed by atoms with van der Waals surface area (Å²) in [4.78, 5) is 11.8. The first-order chi connectivity index (χ1) is 11.9. The number of sulfonamides is 1. The van der Waals surface area contributed by atoms with Gasteiger partial charge in [0.05, 0.1) is 24.8 Å². The molecule has 1 amide bonds. The molecule has 0 saturated heterocycles. The Labute approximate surface area is 146 Å². The number of carbonyl (C=O) groups is 1. The lowest BCUT2D eigenvalue weighted by atomic mass is 10.2. The SMILES string of the molecule is COc1ccc(/C=N\NC(=O)CNS(=O)(=O)c2ccc(C)cc2)cc1. The molecule has 0 atom stereocenters. The second kappa shape index (κ2) is 8.41. The zero-order chi connectivity index (χ0) is 18.3. The van der Waals surface area contributed by atoms with E-state index < -0.39 is 22.5 Å². The Balaban J connectivity index is 1.85. The van der Waals surface area contributed by atoms with E-state index in [1.54, 1.807) is 43.5 Å². The van der Waals surface area contributed by atoms with Crippen LogP contribution < -0.4 is 14.9 Å². The molecule has 0 unspecified atom stereocenters. The van der Waals surface area contributed by atoms with Crippen LogP contribution in [-0.2, 0) is 14.8 Å². The topological polar surface area (TPSA) is 96.9 Å². The van der Waals surface area contributed by atoms with Crippen molar-refractivity contribution >= 4 is 22.1 Å². The lowest BCUT2D eigenvalue weighted by Crippen LogP contribution is -2.34. The number of aryl methyl sites for hydroxylation is 1. The summed E-state index contributed by atoms with van der Waals surface area (Å²) < 4.78 is 31.4. The molecule has 0 spiro atoms. The molecule has 0 aromatic heterocycles. The first-order valence-electron chi connectivity index (χ1n) is 7.43. The molecule has 2 aromatic rings. The van der Waals surface area contributed by atoms with E-state index in [1.807, 2.05) is 6.92 Å². The third kappa shape index (κ3) is 5.70. The second-order valence-electron chi connectivity index (χ2n) is 5.20. The van der Waals surface area contributed by atoms with Gasteiger partial charge in [0.25, 0.3) is 5.91 Å². The lowest BCUT2D eigenvalue weighted by molar-refractivity contribution is -0.119. The maximum atomic E-state index is 12.1. The number of hydrazone groups is 1. The van der Waals surface area contributed by atoms with Gasteiger partial charge in [0.15, 0.2) is 0 Å². The Morgan fingerprint density at radius 1 is 1.12 bits per heavy atom. The third-order valence-electron chi connectivity index (χ3n) is 3.27. The highest BCUT2D eigenvalue weighted by Gasteiger charge is 2.14. The molecule has 132 valence electrons. The maximum absolute atomic E-state index is 12.1. The second-order valence-corrected chi connectivity index (χ2v) is 6.97. The zero-order valence-corrected chi connectivity index (χ0v) is 14.7. The van der Waals surface area contributed by atoms with Gasteiger partial charge in [0, 0.05) is 0 Å². The van der Waals surface area contributed by atoms with Crippen molar-refractivity contribution < 1.29 is 17.9 Å². The molecule has 8 heteroatoms. The predicted molar refractivity (Wildman–Crippen MR) is 95.1 cm³/mol. The monoisotopic (exact) mass is 361 g/mol. The van der Waals surface area contributed by atoms with Gasteiger partial charge in [-0.25, -0.2) is 18.6 Å². The van der Waals surface area contributed by atoms with Crippen molar-refractivity contribution in [3.63, 3.8) is 0 Å². The fraction of sp³-hybridized carbons (Fsp3) is 0.176. The molecule has 0 aliphatic carbocycles. The Bertz CT molecular complexity index is 844. The molecule has 0 fully saturated rings. The molecule has 2 aromatic carbocycles. The number of hydrogen-bond donors (Lipinski definition) is 2. The minimum absolute atomic E-state index is 0.104. The largest absolute Gasteiger partial charge is 0.497 e. The summed E-state index contributed by atoms with van der Waals surface area (Å²) >= 11 is 0. The highest BCUT2D eigenvalue weighted by Crippen LogP contribution is 2.10. The number of hydrogen-bond acceptors (Lipinski definition) is 5. The molecule has 0 radical (unpaired) electrons. The van der Waals surface area contributed by atoms with Crippen molar-refractivity contribution in [2.75, 3.05) is 13.7 Å². The third-order valence-corrected chi connectivity index (χ3v) is 4.69. The quantitative estimate of drug-likeness (QED) is 0.576. The fourth-order valence-corrected chi connectivity index (χ4v) is 2.85. The van der Waals surface area contributed by atoms with E-state index in [0.29, 0.717) is 5.75 Å². The maximum Gasteiger partial charge on any atom is 0.255 e. The highest BCUT2D eigenvalue weighted by molar-refractivity contribution is 7.89. The average molecular weight is 361 g/mol. The number of ether oxygens (including phenoxy) is 1. The van der Waals surface area contributed by atoms with E-state index in [2.05, 4.69) is 15.2 Å². The van der Waals surface area contributed by atoms with E-state index in [-0.39, 0.29) is 4.90 Å². The predicted octanol–water partition coefficient (Wildman–Crippen LogP) is 1.43. The van der Waals surface area contributed by atoms with Crippen LogP contribution in [0.5, 0.6) is 5.75 Å². The van der Waals surface area contributed by atoms with E-state index >= 15 is 0 Å². The van der Waals surface area contributed by atoms with E-state index in [0.717, 1.165) is 11.1 Å². The van der Waals surface area contributed by atoms with Gasteiger partial charge in [0.2, 0.25) is 10.0 Å². The Morgan fingerprint density at radius 2 is 1.76 bits per heavy atom. The van der Waals surface area contributed by atoms with Gasteiger partial charge in [-0.15, -0.1) is 0 Å². The molecule has 25 heavy (non-hydrogen) atoms. The standard InChI is InChI=1S/C17H19N3O4S/c1-13-3-9-16(10-4-13)25(22,23)19-12-17(21)20-18-11-14-5-7-15(24-2)8-6-14/h3-11,19H,12H2,1-2H3,(H,20,21)/b18-11-. The van der Waals surface area contributed by atoms with Gasteiger partial charge in [0.1, 0.15) is 5.75 Å². The molecule has 7 nitrogen and oxygen atoms in total. The van der Waals surface area contributed by atoms with Crippen LogP contribution in [0.4, 0.5) is 0 Å². The summed E-state index contributed by atoms with van der Waals surface area (Å²) in [6, 6.07) is 13.4. The van der Waals surface area contributed by atoms with Crippen LogP contribution in [0.2, 0.25) is 0 Å². The summed E-state index contributed by atoms with van der Waals surface area (Å²) in [5.41, 5.74) is 3.98. The van der Waals surface area contributed by atoms with Crippen molar-refractivity contribution in [3.05, 3.63) is 59.7 Å². The number of methoxy groups -OCH3 is 1. The lowest BCUT2D eigenvalue weighted by Gasteiger charge is -2.06. The molecular weight excluding hydrogens is 342 g/mol. The summed E-state index contributed by atoms with van der Waals surface area (Å²) in [6.45, 7) is 1.45. The van der Waals surface area contributed by atoms with Crippen molar-refractivity contribution in [3.8, 4) is 5.75 Å². The molecule has 0 saturated carbocycles. The van der Waals surface area contributed by atoms with Crippen LogP contribution in [0.25, 0.3) is 0 Å². The summed E-state index contributed by atoms with van der Waals surface area (Å²) in [6.07, 6.45) is 1.45. The van der Waals surface area contributed by atoms with Crippen molar-refractivity contribution in [1.82, 2.24) is 10.1 Å². The van der Waals surface area contributed by atoms with Crippen LogP contribution in [0, 0.1) is 6.92 Å². The number of carbonyl (C=O) groups excluding carboxylic acids is 1. The molecule has 0 heterocycles. The van der Waals surface area contributed by atoms with Gasteiger partial charge in [-0.05, 0) is 48.9 Å². The summed E-state index contributed by atoms with van der Waals surface area (Å²) in [5.74, 6) is 0.146. The van der Waals surface area contributed by atoms with Crippen LogP contribution in [0.3, 0.4) is 0 Å². The van der Waals surface area contributed by atoms with Crippen LogP contribution in [0.1, 0.15) is 11.1 Å². The fourth-order valence-electron chi connectivity index (χ4n) is 1.87. The Hall–Kier alpha value is -2.71. The normalized spacial score (nSPS) is 11.4. The zero-order valence-electron chi connectivity index (χ0n) is 13.9.